The van der Waals surface area contributed by atoms with Crippen LogP contribution < -0.4 is 10.5 Å². The number of hydrogen-bond donors (Lipinski definition) is 0. The average Bonchev–Trinajstić information content (AvgIpc) is 3.03. The fourth-order valence-electron chi connectivity index (χ4n) is 5.16. The molecule has 1 aliphatic rings. The quantitative estimate of drug-likeness (QED) is 0.0921. The van der Waals surface area contributed by atoms with E-state index in [1.165, 1.54) is 29.3 Å². The van der Waals surface area contributed by atoms with Crippen molar-refractivity contribution in [2.75, 3.05) is 31.1 Å². The number of pyridine rings is 1. The number of Topliss-reactive ketones (excluding diaryl/α,β-unsaturated/α-hetero) is 2. The molecule has 0 radical (unpaired) electrons. The number of anilines is 1. The lowest BCUT2D eigenvalue weighted by Gasteiger charge is -2.35. The molecule has 0 saturated carbocycles. The summed E-state index contributed by atoms with van der Waals surface area (Å²) in [6, 6.07) is 17.6. The Balaban J connectivity index is 1.38. The van der Waals surface area contributed by atoms with Crippen LogP contribution in [0.5, 0.6) is 0 Å². The van der Waals surface area contributed by atoms with E-state index in [0.29, 0.717) is 19.2 Å². The molecule has 0 atom stereocenters. The Bertz CT molecular complexity index is 1780. The van der Waals surface area contributed by atoms with E-state index in [1.54, 1.807) is 6.07 Å². The molecule has 4 aromatic rings. The maximum atomic E-state index is 14.5. The van der Waals surface area contributed by atoms with Crippen molar-refractivity contribution in [2.45, 2.75) is 19.4 Å². The Hall–Kier alpha value is -5.06. The van der Waals surface area contributed by atoms with Crippen LogP contribution in [0.2, 0.25) is 0 Å². The van der Waals surface area contributed by atoms with Crippen LogP contribution in [0.3, 0.4) is 0 Å². The van der Waals surface area contributed by atoms with Crippen LogP contribution in [0.1, 0.15) is 33.5 Å². The maximum absolute atomic E-state index is 14.5. The van der Waals surface area contributed by atoms with Gasteiger partial charge in [0.15, 0.2) is 17.4 Å². The molecule has 1 aliphatic heterocycles. The van der Waals surface area contributed by atoms with Crippen LogP contribution in [0.25, 0.3) is 0 Å². The summed E-state index contributed by atoms with van der Waals surface area (Å²) < 4.78 is 58.1. The van der Waals surface area contributed by atoms with Gasteiger partial charge in [0.2, 0.25) is 5.78 Å². The van der Waals surface area contributed by atoms with Gasteiger partial charge < -0.3 is 14.4 Å². The lowest BCUT2D eigenvalue weighted by molar-refractivity contribution is -0.144. The number of nitrogens with zero attached hydrogens (tertiary/aromatic N) is 3. The highest BCUT2D eigenvalue weighted by Gasteiger charge is 2.29. The van der Waals surface area contributed by atoms with Gasteiger partial charge in [-0.1, -0.05) is 36.4 Å². The Kier molecular flexibility index (Phi) is 9.03. The van der Waals surface area contributed by atoms with E-state index >= 15 is 0 Å². The summed E-state index contributed by atoms with van der Waals surface area (Å²) in [7, 11) is 0. The fourth-order valence-corrected chi connectivity index (χ4v) is 5.16. The second-order valence-corrected chi connectivity index (χ2v) is 10.4. The average molecular weight is 606 g/mol. The molecule has 3 aromatic carbocycles. The van der Waals surface area contributed by atoms with Crippen LogP contribution in [-0.4, -0.2) is 53.1 Å². The highest BCUT2D eigenvalue weighted by atomic mass is 19.2. The number of carbonyl (C=O) groups excluding carboxylic acids is 3. The minimum atomic E-state index is -1.43. The lowest BCUT2D eigenvalue weighted by atomic mass is 10.00. The van der Waals surface area contributed by atoms with E-state index in [0.717, 1.165) is 22.4 Å². The first kappa shape index (κ1) is 30.4. The molecule has 226 valence electrons. The predicted octanol–water partition coefficient (Wildman–Crippen LogP) is 4.53. The van der Waals surface area contributed by atoms with E-state index in [2.05, 4.69) is 4.90 Å². The van der Waals surface area contributed by atoms with Crippen molar-refractivity contribution in [1.29, 1.82) is 0 Å². The molecule has 1 amide bonds. The van der Waals surface area contributed by atoms with E-state index in [4.69, 9.17) is 0 Å². The summed E-state index contributed by atoms with van der Waals surface area (Å²) in [5, 5.41) is 0. The van der Waals surface area contributed by atoms with Crippen molar-refractivity contribution in [1.82, 2.24) is 9.47 Å². The van der Waals surface area contributed by atoms with E-state index in [1.807, 2.05) is 30.3 Å². The lowest BCUT2D eigenvalue weighted by Crippen LogP contribution is -2.50. The summed E-state index contributed by atoms with van der Waals surface area (Å²) in [5.74, 6) is -7.26. The van der Waals surface area contributed by atoms with E-state index < -0.39 is 70.3 Å². The van der Waals surface area contributed by atoms with Gasteiger partial charge in [-0.15, -0.1) is 0 Å². The fraction of sp³-hybridized carbons (Fsp3) is 0.212. The summed E-state index contributed by atoms with van der Waals surface area (Å²) in [4.78, 5) is 55.8. The molecule has 0 unspecified atom stereocenters. The van der Waals surface area contributed by atoms with Crippen molar-refractivity contribution in [3.8, 4) is 0 Å². The molecule has 5 rings (SSSR count). The zero-order valence-corrected chi connectivity index (χ0v) is 23.4. The van der Waals surface area contributed by atoms with E-state index in [9.17, 15) is 36.7 Å². The number of ketones is 2. The minimum absolute atomic E-state index is 0.0310. The Labute approximate surface area is 250 Å². The summed E-state index contributed by atoms with van der Waals surface area (Å²) >= 11 is 0. The molecule has 7 nitrogen and oxygen atoms in total. The minimum Gasteiger partial charge on any atom is -0.368 e. The topological polar surface area (TPSA) is 79.7 Å². The molecular formula is C33H27F4N3O4. The van der Waals surface area contributed by atoms with Crippen LogP contribution in [0, 0.1) is 23.3 Å². The van der Waals surface area contributed by atoms with Gasteiger partial charge in [0.1, 0.15) is 11.6 Å². The SMILES string of the molecule is O=C(CC(=O)c1cc(Cc2c(F)ccc(F)c2F)cn(Cc2ccccc2F)c1=O)C(=O)N1CCN(c2ccccc2)CC1. The molecule has 0 bridgehead atoms. The molecule has 0 aliphatic carbocycles. The van der Waals surface area contributed by atoms with E-state index in [-0.39, 0.29) is 30.8 Å². The van der Waals surface area contributed by atoms with Gasteiger partial charge in [0, 0.05) is 55.6 Å². The van der Waals surface area contributed by atoms with Gasteiger partial charge in [-0.05, 0) is 42.0 Å². The molecular weight excluding hydrogens is 578 g/mol. The summed E-state index contributed by atoms with van der Waals surface area (Å²) in [5.41, 5.74) is -0.950. The smallest absolute Gasteiger partial charge is 0.290 e. The number of amides is 1. The second kappa shape index (κ2) is 13.1. The zero-order valence-electron chi connectivity index (χ0n) is 23.4. The molecule has 1 saturated heterocycles. The number of para-hydroxylation sites is 1. The maximum Gasteiger partial charge on any atom is 0.290 e. The number of carbonyl (C=O) groups is 3. The van der Waals surface area contributed by atoms with Crippen molar-refractivity contribution in [3.63, 3.8) is 0 Å². The molecule has 44 heavy (non-hydrogen) atoms. The summed E-state index contributed by atoms with van der Waals surface area (Å²) in [6.07, 6.45) is -0.279. The van der Waals surface area contributed by atoms with Crippen molar-refractivity contribution < 1.29 is 31.9 Å². The predicted molar refractivity (Wildman–Crippen MR) is 155 cm³/mol. The third-order valence-corrected chi connectivity index (χ3v) is 7.51. The normalized spacial score (nSPS) is 13.2. The van der Waals surface area contributed by atoms with Gasteiger partial charge in [0.25, 0.3) is 11.5 Å². The van der Waals surface area contributed by atoms with Gasteiger partial charge >= 0.3 is 0 Å². The number of hydrogen-bond acceptors (Lipinski definition) is 5. The number of piperazine rings is 1. The highest BCUT2D eigenvalue weighted by Crippen LogP contribution is 2.21. The molecule has 11 heteroatoms. The number of rotatable bonds is 9. The van der Waals surface area contributed by atoms with Crippen LogP contribution in [0.15, 0.2) is 83.8 Å². The largest absolute Gasteiger partial charge is 0.368 e. The first-order chi connectivity index (χ1) is 21.1. The first-order valence-electron chi connectivity index (χ1n) is 13.9. The van der Waals surface area contributed by atoms with Gasteiger partial charge in [-0.2, -0.15) is 0 Å². The van der Waals surface area contributed by atoms with Crippen LogP contribution in [-0.2, 0) is 22.6 Å². The van der Waals surface area contributed by atoms with Gasteiger partial charge in [0.05, 0.1) is 18.5 Å². The Morgan fingerprint density at radius 2 is 1.41 bits per heavy atom. The molecule has 0 N–H and O–H groups in total. The standard InChI is InChI=1S/C33H27F4N3O4/c34-26-9-5-4-6-22(26)20-40-19-21(16-24-27(35)10-11-28(36)31(24)37)17-25(32(40)43)29(41)18-30(42)33(44)39-14-12-38(13-15-39)23-7-2-1-3-8-23/h1-11,17,19H,12-16,18,20H2. The third-order valence-electron chi connectivity index (χ3n) is 7.51. The number of aromatic nitrogens is 1. The molecule has 2 heterocycles. The Morgan fingerprint density at radius 3 is 2.11 bits per heavy atom. The second-order valence-electron chi connectivity index (χ2n) is 10.4. The van der Waals surface area contributed by atoms with Crippen molar-refractivity contribution in [2.24, 2.45) is 0 Å². The zero-order chi connectivity index (χ0) is 31.4. The molecule has 0 spiro atoms. The monoisotopic (exact) mass is 605 g/mol. The van der Waals surface area contributed by atoms with Crippen molar-refractivity contribution >= 4 is 23.2 Å². The first-order valence-corrected chi connectivity index (χ1v) is 13.9. The van der Waals surface area contributed by atoms with Gasteiger partial charge in [-0.3, -0.25) is 19.2 Å². The Morgan fingerprint density at radius 1 is 0.750 bits per heavy atom. The summed E-state index contributed by atoms with van der Waals surface area (Å²) in [6.45, 7) is 1.12. The third kappa shape index (κ3) is 6.61. The van der Waals surface area contributed by atoms with Crippen LogP contribution >= 0.6 is 0 Å². The number of benzene rings is 3. The van der Waals surface area contributed by atoms with Gasteiger partial charge in [-0.25, -0.2) is 17.6 Å². The van der Waals surface area contributed by atoms with Crippen LogP contribution in [0.4, 0.5) is 23.2 Å². The highest BCUT2D eigenvalue weighted by molar-refractivity contribution is 6.40. The molecule has 1 aromatic heterocycles. The molecule has 1 fully saturated rings. The number of halogens is 4. The van der Waals surface area contributed by atoms with Crippen molar-refractivity contribution in [3.05, 3.63) is 135 Å².